The summed E-state index contributed by atoms with van der Waals surface area (Å²) >= 11 is 0. The Morgan fingerprint density at radius 2 is 1.91 bits per heavy atom. The summed E-state index contributed by atoms with van der Waals surface area (Å²) in [7, 11) is -3.36. The normalized spacial score (nSPS) is 19.1. The second-order valence-corrected chi connectivity index (χ2v) is 7.64. The van der Waals surface area contributed by atoms with Gasteiger partial charge in [0, 0.05) is 39.0 Å². The zero-order valence-corrected chi connectivity index (χ0v) is 13.6. The first kappa shape index (κ1) is 15.6. The van der Waals surface area contributed by atoms with Gasteiger partial charge in [-0.1, -0.05) is 6.07 Å². The Morgan fingerprint density at radius 1 is 1.18 bits per heavy atom. The molecule has 22 heavy (non-hydrogen) atoms. The van der Waals surface area contributed by atoms with Crippen molar-refractivity contribution in [2.24, 2.45) is 0 Å². The molecule has 0 bridgehead atoms. The number of hydrogen-bond donors (Lipinski definition) is 1. The number of nitrogens with zero attached hydrogens (tertiary/aromatic N) is 1. The van der Waals surface area contributed by atoms with E-state index in [4.69, 9.17) is 9.47 Å². The van der Waals surface area contributed by atoms with Crippen molar-refractivity contribution in [3.63, 3.8) is 0 Å². The van der Waals surface area contributed by atoms with E-state index < -0.39 is 9.84 Å². The summed E-state index contributed by atoms with van der Waals surface area (Å²) < 4.78 is 35.5. The predicted molar refractivity (Wildman–Crippen MR) is 83.6 cm³/mol. The molecule has 0 amide bonds. The van der Waals surface area contributed by atoms with Crippen molar-refractivity contribution in [2.75, 3.05) is 52.2 Å². The summed E-state index contributed by atoms with van der Waals surface area (Å²) in [6.07, 6.45) is 1.92. The summed E-state index contributed by atoms with van der Waals surface area (Å²) in [4.78, 5) is 2.64. The fraction of sp³-hybridized carbons (Fsp3) is 0.600. The van der Waals surface area contributed by atoms with Gasteiger partial charge < -0.3 is 19.7 Å². The van der Waals surface area contributed by atoms with Gasteiger partial charge in [0.05, 0.1) is 0 Å². The van der Waals surface area contributed by atoms with E-state index in [1.807, 2.05) is 12.1 Å². The fourth-order valence-electron chi connectivity index (χ4n) is 2.95. The Kier molecular flexibility index (Phi) is 4.56. The lowest BCUT2D eigenvalue weighted by Crippen LogP contribution is -2.44. The van der Waals surface area contributed by atoms with Crippen molar-refractivity contribution >= 4 is 9.84 Å². The quantitative estimate of drug-likeness (QED) is 0.859. The van der Waals surface area contributed by atoms with E-state index >= 15 is 0 Å². The highest BCUT2D eigenvalue weighted by Gasteiger charge is 2.26. The summed E-state index contributed by atoms with van der Waals surface area (Å²) in [6.45, 7) is 5.66. The number of rotatable bonds is 4. The third kappa shape index (κ3) is 3.37. The number of benzene rings is 1. The lowest BCUT2D eigenvalue weighted by molar-refractivity contribution is 0.166. The van der Waals surface area contributed by atoms with Gasteiger partial charge in [-0.25, -0.2) is 8.42 Å². The summed E-state index contributed by atoms with van der Waals surface area (Å²) in [5.41, 5.74) is 0.810. The van der Waals surface area contributed by atoms with Crippen LogP contribution in [0.25, 0.3) is 0 Å². The standard InChI is InChI=1S/C15H22N2O4S/c1-22(18,19)15-12(4-7-17-8-5-16-6-9-17)2-3-13-14(15)21-11-10-20-13/h2-3,16H,4-11H2,1H3. The number of hydrogen-bond acceptors (Lipinski definition) is 6. The van der Waals surface area contributed by atoms with Crippen LogP contribution in [0.15, 0.2) is 17.0 Å². The van der Waals surface area contributed by atoms with Crippen LogP contribution in [0.1, 0.15) is 5.56 Å². The monoisotopic (exact) mass is 326 g/mol. The second kappa shape index (κ2) is 6.44. The maximum Gasteiger partial charge on any atom is 0.180 e. The van der Waals surface area contributed by atoms with Gasteiger partial charge in [-0.15, -0.1) is 0 Å². The van der Waals surface area contributed by atoms with Crippen LogP contribution >= 0.6 is 0 Å². The number of ether oxygens (including phenoxy) is 2. The zero-order chi connectivity index (χ0) is 15.6. The lowest BCUT2D eigenvalue weighted by Gasteiger charge is -2.28. The van der Waals surface area contributed by atoms with Gasteiger partial charge in [-0.05, 0) is 18.1 Å². The van der Waals surface area contributed by atoms with E-state index in [1.165, 1.54) is 6.26 Å². The average Bonchev–Trinajstić information content (AvgIpc) is 2.52. The van der Waals surface area contributed by atoms with Crippen LogP contribution in [0.4, 0.5) is 0 Å². The highest BCUT2D eigenvalue weighted by atomic mass is 32.2. The van der Waals surface area contributed by atoms with E-state index in [0.717, 1.165) is 38.3 Å². The number of piperazine rings is 1. The lowest BCUT2D eigenvalue weighted by atomic mass is 10.1. The predicted octanol–water partition coefficient (Wildman–Crippen LogP) is 0.309. The molecule has 122 valence electrons. The van der Waals surface area contributed by atoms with E-state index in [0.29, 0.717) is 36.0 Å². The van der Waals surface area contributed by atoms with Crippen LogP contribution in [0.5, 0.6) is 11.5 Å². The molecule has 0 radical (unpaired) electrons. The molecule has 2 heterocycles. The molecule has 0 saturated carbocycles. The number of nitrogens with one attached hydrogen (secondary N) is 1. The first-order chi connectivity index (χ1) is 10.6. The zero-order valence-electron chi connectivity index (χ0n) is 12.8. The molecule has 1 saturated heterocycles. The molecule has 1 fully saturated rings. The average molecular weight is 326 g/mol. The van der Waals surface area contributed by atoms with Crippen molar-refractivity contribution < 1.29 is 17.9 Å². The number of fused-ring (bicyclic) bond motifs is 1. The van der Waals surface area contributed by atoms with E-state index in [1.54, 1.807) is 0 Å². The van der Waals surface area contributed by atoms with Gasteiger partial charge in [0.25, 0.3) is 0 Å². The Labute approximate surface area is 131 Å². The van der Waals surface area contributed by atoms with Gasteiger partial charge in [0.15, 0.2) is 21.3 Å². The Balaban J connectivity index is 1.86. The molecule has 1 aromatic carbocycles. The molecule has 0 atom stereocenters. The molecule has 0 aromatic heterocycles. The maximum atomic E-state index is 12.2. The molecule has 7 heteroatoms. The summed E-state index contributed by atoms with van der Waals surface area (Å²) in [5.74, 6) is 0.907. The Bertz CT molecular complexity index is 639. The summed E-state index contributed by atoms with van der Waals surface area (Å²) in [6, 6.07) is 3.67. The van der Waals surface area contributed by atoms with Crippen LogP contribution in [-0.2, 0) is 16.3 Å². The highest BCUT2D eigenvalue weighted by Crippen LogP contribution is 2.39. The molecule has 0 spiro atoms. The van der Waals surface area contributed by atoms with Crippen LogP contribution < -0.4 is 14.8 Å². The first-order valence-corrected chi connectivity index (χ1v) is 9.49. The minimum absolute atomic E-state index is 0.292. The van der Waals surface area contributed by atoms with Gasteiger partial charge in [0.1, 0.15) is 18.1 Å². The molecule has 6 nitrogen and oxygen atoms in total. The van der Waals surface area contributed by atoms with E-state index in [2.05, 4.69) is 10.2 Å². The molecule has 2 aliphatic rings. The van der Waals surface area contributed by atoms with Crippen molar-refractivity contribution in [1.82, 2.24) is 10.2 Å². The van der Waals surface area contributed by atoms with Crippen LogP contribution in [-0.4, -0.2) is 65.5 Å². The molecule has 0 aliphatic carbocycles. The molecule has 1 aromatic rings. The molecule has 3 rings (SSSR count). The van der Waals surface area contributed by atoms with E-state index in [9.17, 15) is 8.42 Å². The van der Waals surface area contributed by atoms with Gasteiger partial charge >= 0.3 is 0 Å². The third-order valence-electron chi connectivity index (χ3n) is 4.02. The topological polar surface area (TPSA) is 67.9 Å². The molecule has 1 N–H and O–H groups in total. The Hall–Kier alpha value is -1.31. The van der Waals surface area contributed by atoms with E-state index in [-0.39, 0.29) is 0 Å². The summed E-state index contributed by atoms with van der Waals surface area (Å²) in [5, 5.41) is 3.32. The van der Waals surface area contributed by atoms with Crippen LogP contribution in [0.3, 0.4) is 0 Å². The van der Waals surface area contributed by atoms with Gasteiger partial charge in [-0.3, -0.25) is 0 Å². The second-order valence-electron chi connectivity index (χ2n) is 5.69. The van der Waals surface area contributed by atoms with Crippen LogP contribution in [0, 0.1) is 0 Å². The minimum atomic E-state index is -3.36. The van der Waals surface area contributed by atoms with Crippen molar-refractivity contribution in [3.8, 4) is 11.5 Å². The first-order valence-electron chi connectivity index (χ1n) is 7.60. The highest BCUT2D eigenvalue weighted by molar-refractivity contribution is 7.90. The molecular formula is C15H22N2O4S. The molecule has 0 unspecified atom stereocenters. The van der Waals surface area contributed by atoms with Gasteiger partial charge in [0.2, 0.25) is 0 Å². The molecule has 2 aliphatic heterocycles. The third-order valence-corrected chi connectivity index (χ3v) is 5.21. The largest absolute Gasteiger partial charge is 0.486 e. The number of sulfone groups is 1. The maximum absolute atomic E-state index is 12.2. The van der Waals surface area contributed by atoms with Gasteiger partial charge in [-0.2, -0.15) is 0 Å². The minimum Gasteiger partial charge on any atom is -0.486 e. The van der Waals surface area contributed by atoms with Crippen molar-refractivity contribution in [1.29, 1.82) is 0 Å². The smallest absolute Gasteiger partial charge is 0.180 e. The van der Waals surface area contributed by atoms with Crippen LogP contribution in [0.2, 0.25) is 0 Å². The SMILES string of the molecule is CS(=O)(=O)c1c(CCN2CCNCC2)ccc2c1OCCO2. The fourth-order valence-corrected chi connectivity index (χ4v) is 4.09. The van der Waals surface area contributed by atoms with Crippen molar-refractivity contribution in [3.05, 3.63) is 17.7 Å². The molecular weight excluding hydrogens is 304 g/mol. The van der Waals surface area contributed by atoms with Crippen molar-refractivity contribution in [2.45, 2.75) is 11.3 Å². The Morgan fingerprint density at radius 3 is 2.64 bits per heavy atom.